The van der Waals surface area contributed by atoms with Gasteiger partial charge in [-0.05, 0) is 37.6 Å². The molecule has 2 heterocycles. The minimum Gasteiger partial charge on any atom is -0.399 e. The topological polar surface area (TPSA) is 85.2 Å². The first-order valence-electron chi connectivity index (χ1n) is 6.76. The van der Waals surface area contributed by atoms with Crippen LogP contribution in [0.1, 0.15) is 12.1 Å². The summed E-state index contributed by atoms with van der Waals surface area (Å²) < 4.78 is 0. The van der Waals surface area contributed by atoms with Crippen molar-refractivity contribution < 1.29 is 4.79 Å². The summed E-state index contributed by atoms with van der Waals surface area (Å²) >= 11 is 0. The van der Waals surface area contributed by atoms with E-state index in [0.29, 0.717) is 6.54 Å². The monoisotopic (exact) mass is 270 g/mol. The minimum absolute atomic E-state index is 0.0698. The first kappa shape index (κ1) is 12.7. The lowest BCUT2D eigenvalue weighted by Gasteiger charge is -2.21. The third kappa shape index (κ3) is 2.15. The van der Waals surface area contributed by atoms with Crippen molar-refractivity contribution in [2.75, 3.05) is 23.7 Å². The number of rotatable bonds is 2. The molecule has 0 spiro atoms. The number of nitrogen functional groups attached to an aromatic ring is 1. The number of amides is 1. The summed E-state index contributed by atoms with van der Waals surface area (Å²) in [6.45, 7) is 3.48. The summed E-state index contributed by atoms with van der Waals surface area (Å²) in [6.07, 6.45) is 0.806. The highest BCUT2D eigenvalue weighted by atomic mass is 16.1. The van der Waals surface area contributed by atoms with Crippen LogP contribution in [0.5, 0.6) is 0 Å². The zero-order valence-corrected chi connectivity index (χ0v) is 11.5. The molecule has 4 N–H and O–H groups in total. The van der Waals surface area contributed by atoms with Crippen molar-refractivity contribution in [2.24, 2.45) is 11.7 Å². The van der Waals surface area contributed by atoms with Crippen molar-refractivity contribution in [1.82, 2.24) is 4.98 Å². The Balaban J connectivity index is 2.07. The molecule has 20 heavy (non-hydrogen) atoms. The van der Waals surface area contributed by atoms with Gasteiger partial charge < -0.3 is 16.4 Å². The van der Waals surface area contributed by atoms with Gasteiger partial charge in [-0.15, -0.1) is 0 Å². The summed E-state index contributed by atoms with van der Waals surface area (Å²) in [5, 5.41) is 1.03. The maximum absolute atomic E-state index is 11.3. The Morgan fingerprint density at radius 3 is 2.90 bits per heavy atom. The number of hydrogen-bond acceptors (Lipinski definition) is 4. The third-order valence-corrected chi connectivity index (χ3v) is 3.87. The van der Waals surface area contributed by atoms with Crippen LogP contribution >= 0.6 is 0 Å². The van der Waals surface area contributed by atoms with E-state index in [9.17, 15) is 4.79 Å². The SMILES string of the molecule is Cc1cc(N2CCC(C(N)=O)C2)c2cc(N)ccc2n1. The van der Waals surface area contributed by atoms with Crippen LogP contribution in [0.3, 0.4) is 0 Å². The molecule has 1 saturated heterocycles. The Morgan fingerprint density at radius 2 is 2.20 bits per heavy atom. The number of carbonyl (C=O) groups is 1. The maximum Gasteiger partial charge on any atom is 0.222 e. The fraction of sp³-hybridized carbons (Fsp3) is 0.333. The zero-order valence-electron chi connectivity index (χ0n) is 11.5. The molecule has 1 aliphatic heterocycles. The predicted molar refractivity (Wildman–Crippen MR) is 80.4 cm³/mol. The van der Waals surface area contributed by atoms with Crippen molar-refractivity contribution in [2.45, 2.75) is 13.3 Å². The van der Waals surface area contributed by atoms with Crippen LogP contribution in [0.4, 0.5) is 11.4 Å². The highest BCUT2D eigenvalue weighted by Gasteiger charge is 2.27. The van der Waals surface area contributed by atoms with Crippen LogP contribution < -0.4 is 16.4 Å². The summed E-state index contributed by atoms with van der Waals surface area (Å²) in [4.78, 5) is 18.1. The van der Waals surface area contributed by atoms with Crippen LogP contribution in [0.25, 0.3) is 10.9 Å². The quantitative estimate of drug-likeness (QED) is 0.808. The van der Waals surface area contributed by atoms with Crippen LogP contribution in [0.15, 0.2) is 24.3 Å². The molecule has 1 aliphatic rings. The number of nitrogens with zero attached hydrogens (tertiary/aromatic N) is 2. The van der Waals surface area contributed by atoms with Crippen LogP contribution in [0, 0.1) is 12.8 Å². The van der Waals surface area contributed by atoms with E-state index in [2.05, 4.69) is 9.88 Å². The van der Waals surface area contributed by atoms with E-state index in [1.54, 1.807) is 0 Å². The Hall–Kier alpha value is -2.30. The van der Waals surface area contributed by atoms with Gasteiger partial charge in [-0.25, -0.2) is 0 Å². The molecule has 1 fully saturated rings. The van der Waals surface area contributed by atoms with Gasteiger partial charge in [-0.2, -0.15) is 0 Å². The number of aryl methyl sites for hydroxylation is 1. The lowest BCUT2D eigenvalue weighted by molar-refractivity contribution is -0.121. The highest BCUT2D eigenvalue weighted by Crippen LogP contribution is 2.32. The van der Waals surface area contributed by atoms with Gasteiger partial charge in [-0.1, -0.05) is 0 Å². The second kappa shape index (κ2) is 4.67. The van der Waals surface area contributed by atoms with Crippen molar-refractivity contribution in [3.05, 3.63) is 30.0 Å². The van der Waals surface area contributed by atoms with Gasteiger partial charge in [-0.3, -0.25) is 9.78 Å². The molecule has 5 heteroatoms. The first-order valence-corrected chi connectivity index (χ1v) is 6.76. The average Bonchev–Trinajstić information content (AvgIpc) is 2.88. The van der Waals surface area contributed by atoms with E-state index in [4.69, 9.17) is 11.5 Å². The highest BCUT2D eigenvalue weighted by molar-refractivity contribution is 5.94. The van der Waals surface area contributed by atoms with Gasteiger partial charge in [0.1, 0.15) is 0 Å². The second-order valence-electron chi connectivity index (χ2n) is 5.39. The van der Waals surface area contributed by atoms with Gasteiger partial charge >= 0.3 is 0 Å². The van der Waals surface area contributed by atoms with Crippen molar-refractivity contribution in [3.63, 3.8) is 0 Å². The van der Waals surface area contributed by atoms with Gasteiger partial charge in [0.15, 0.2) is 0 Å². The fourth-order valence-corrected chi connectivity index (χ4v) is 2.83. The predicted octanol–water partition coefficient (Wildman–Crippen LogP) is 1.44. The molecule has 1 amide bonds. The molecule has 3 rings (SSSR count). The largest absolute Gasteiger partial charge is 0.399 e. The Labute approximate surface area is 117 Å². The fourth-order valence-electron chi connectivity index (χ4n) is 2.83. The summed E-state index contributed by atoms with van der Waals surface area (Å²) in [6, 6.07) is 7.78. The van der Waals surface area contributed by atoms with E-state index in [1.165, 1.54) is 0 Å². The molecule has 0 bridgehead atoms. The van der Waals surface area contributed by atoms with Crippen molar-refractivity contribution >= 4 is 28.2 Å². The number of benzene rings is 1. The number of carbonyl (C=O) groups excluding carboxylic acids is 1. The van der Waals surface area contributed by atoms with E-state index in [-0.39, 0.29) is 11.8 Å². The van der Waals surface area contributed by atoms with Crippen molar-refractivity contribution in [1.29, 1.82) is 0 Å². The molecule has 5 nitrogen and oxygen atoms in total. The van der Waals surface area contributed by atoms with Gasteiger partial charge in [0.05, 0.1) is 11.4 Å². The van der Waals surface area contributed by atoms with Crippen LogP contribution in [-0.4, -0.2) is 24.0 Å². The van der Waals surface area contributed by atoms with Gasteiger partial charge in [0, 0.05) is 35.5 Å². The number of pyridine rings is 1. The lowest BCUT2D eigenvalue weighted by atomic mass is 10.1. The minimum atomic E-state index is -0.220. The number of primary amides is 1. The van der Waals surface area contributed by atoms with Crippen LogP contribution in [0.2, 0.25) is 0 Å². The Kier molecular flexibility index (Phi) is 2.97. The lowest BCUT2D eigenvalue weighted by Crippen LogP contribution is -2.27. The van der Waals surface area contributed by atoms with E-state index < -0.39 is 0 Å². The molecular formula is C15H18N4O. The standard InChI is InChI=1S/C15H18N4O/c1-9-6-14(19-5-4-10(8-19)15(17)20)12-7-11(16)2-3-13(12)18-9/h2-3,6-7,10H,4-5,8,16H2,1H3,(H2,17,20). The normalized spacial score (nSPS) is 18.6. The van der Waals surface area contributed by atoms with Gasteiger partial charge in [0.2, 0.25) is 5.91 Å². The summed E-state index contributed by atoms with van der Waals surface area (Å²) in [5.74, 6) is -0.290. The Bertz CT molecular complexity index is 683. The van der Waals surface area contributed by atoms with E-state index >= 15 is 0 Å². The smallest absolute Gasteiger partial charge is 0.222 e. The van der Waals surface area contributed by atoms with Crippen molar-refractivity contribution in [3.8, 4) is 0 Å². The molecule has 0 saturated carbocycles. The van der Waals surface area contributed by atoms with E-state index in [0.717, 1.165) is 40.9 Å². The molecular weight excluding hydrogens is 252 g/mol. The van der Waals surface area contributed by atoms with Gasteiger partial charge in [0.25, 0.3) is 0 Å². The van der Waals surface area contributed by atoms with E-state index in [1.807, 2.05) is 31.2 Å². The number of fused-ring (bicyclic) bond motifs is 1. The molecule has 1 aromatic carbocycles. The number of nitrogens with two attached hydrogens (primary N) is 2. The average molecular weight is 270 g/mol. The molecule has 1 unspecified atom stereocenters. The third-order valence-electron chi connectivity index (χ3n) is 3.87. The Morgan fingerprint density at radius 1 is 1.40 bits per heavy atom. The molecule has 1 atom stereocenters. The zero-order chi connectivity index (χ0) is 14.3. The van der Waals surface area contributed by atoms with Crippen LogP contribution in [-0.2, 0) is 4.79 Å². The molecule has 2 aromatic rings. The molecule has 1 aromatic heterocycles. The number of anilines is 2. The summed E-state index contributed by atoms with van der Waals surface area (Å²) in [7, 11) is 0. The maximum atomic E-state index is 11.3. The molecule has 0 aliphatic carbocycles. The second-order valence-corrected chi connectivity index (χ2v) is 5.39. The number of aromatic nitrogens is 1. The molecule has 104 valence electrons. The molecule has 0 radical (unpaired) electrons. The summed E-state index contributed by atoms with van der Waals surface area (Å²) in [5.41, 5.74) is 15.0. The number of hydrogen-bond donors (Lipinski definition) is 2. The first-order chi connectivity index (χ1) is 9.54.